The van der Waals surface area contributed by atoms with Gasteiger partial charge in [0.15, 0.2) is 5.78 Å². The number of carbonyl (C=O) groups excluding carboxylic acids is 1. The van der Waals surface area contributed by atoms with Crippen LogP contribution in [0.5, 0.6) is 5.75 Å². The van der Waals surface area contributed by atoms with Crippen LogP contribution in [-0.4, -0.2) is 15.9 Å². The van der Waals surface area contributed by atoms with Gasteiger partial charge in [0, 0.05) is 18.0 Å². The average molecular weight is 250 g/mol. The molecule has 0 saturated carbocycles. The second-order valence-electron chi connectivity index (χ2n) is 3.86. The molecule has 0 atom stereocenters. The van der Waals surface area contributed by atoms with Crippen molar-refractivity contribution in [3.8, 4) is 5.75 Å². The van der Waals surface area contributed by atoms with Gasteiger partial charge in [-0.1, -0.05) is 18.5 Å². The number of Topliss-reactive ketones (excluding diaryl/α,β-unsaturated/α-hetero) is 1. The normalized spacial score (nSPS) is 10.7. The van der Waals surface area contributed by atoms with Crippen LogP contribution in [0.15, 0.2) is 24.4 Å². The number of fused-ring (bicyclic) bond motifs is 1. The van der Waals surface area contributed by atoms with Gasteiger partial charge < -0.3 is 5.11 Å². The summed E-state index contributed by atoms with van der Waals surface area (Å²) in [6, 6.07) is 4.73. The molecule has 0 aliphatic rings. The highest BCUT2D eigenvalue weighted by Crippen LogP contribution is 2.29. The summed E-state index contributed by atoms with van der Waals surface area (Å²) in [6.45, 7) is 1.94. The van der Waals surface area contributed by atoms with E-state index >= 15 is 0 Å². The van der Waals surface area contributed by atoms with Crippen molar-refractivity contribution in [3.63, 3.8) is 0 Å². The summed E-state index contributed by atoms with van der Waals surface area (Å²) in [4.78, 5) is 16.0. The average Bonchev–Trinajstić information content (AvgIpc) is 2.30. The summed E-state index contributed by atoms with van der Waals surface area (Å²) in [5, 5.41) is 10.4. The molecule has 0 saturated heterocycles. The fourth-order valence-corrected chi connectivity index (χ4v) is 2.01. The maximum Gasteiger partial charge on any atom is 0.165 e. The third kappa shape index (κ3) is 2.24. The van der Waals surface area contributed by atoms with Crippen LogP contribution in [0.25, 0.3) is 10.9 Å². The number of rotatable bonds is 3. The van der Waals surface area contributed by atoms with Crippen molar-refractivity contribution >= 4 is 28.3 Å². The molecule has 0 amide bonds. The van der Waals surface area contributed by atoms with Crippen LogP contribution in [0.2, 0.25) is 5.02 Å². The highest BCUT2D eigenvalue weighted by molar-refractivity contribution is 6.38. The lowest BCUT2D eigenvalue weighted by Gasteiger charge is -2.06. The Morgan fingerprint density at radius 1 is 1.47 bits per heavy atom. The molecule has 2 aromatic rings. The van der Waals surface area contributed by atoms with Gasteiger partial charge in [0.25, 0.3) is 0 Å². The van der Waals surface area contributed by atoms with E-state index in [-0.39, 0.29) is 11.5 Å². The van der Waals surface area contributed by atoms with E-state index in [1.165, 1.54) is 12.3 Å². The molecule has 4 heteroatoms. The SMILES string of the molecule is CCCC(=O)c1cnc2ccc(O)cc2c1Cl. The van der Waals surface area contributed by atoms with Crippen LogP contribution in [0.1, 0.15) is 30.1 Å². The summed E-state index contributed by atoms with van der Waals surface area (Å²) in [7, 11) is 0. The maximum atomic E-state index is 11.8. The fourth-order valence-electron chi connectivity index (χ4n) is 1.70. The highest BCUT2D eigenvalue weighted by atomic mass is 35.5. The second-order valence-corrected chi connectivity index (χ2v) is 4.24. The minimum Gasteiger partial charge on any atom is -0.508 e. The zero-order chi connectivity index (χ0) is 12.4. The van der Waals surface area contributed by atoms with Crippen molar-refractivity contribution in [3.05, 3.63) is 35.0 Å². The third-order valence-electron chi connectivity index (χ3n) is 2.56. The molecule has 0 aliphatic heterocycles. The fraction of sp³-hybridized carbons (Fsp3) is 0.231. The lowest BCUT2D eigenvalue weighted by molar-refractivity contribution is 0.0981. The minimum absolute atomic E-state index is 0.0183. The monoisotopic (exact) mass is 249 g/mol. The Labute approximate surface area is 104 Å². The Morgan fingerprint density at radius 3 is 2.94 bits per heavy atom. The quantitative estimate of drug-likeness (QED) is 0.846. The minimum atomic E-state index is -0.0183. The molecule has 1 aromatic carbocycles. The Balaban J connectivity index is 2.60. The number of phenolic OH excluding ortho intramolecular Hbond substituents is 1. The van der Waals surface area contributed by atoms with Crippen LogP contribution in [-0.2, 0) is 0 Å². The number of benzene rings is 1. The highest BCUT2D eigenvalue weighted by Gasteiger charge is 2.13. The molecule has 17 heavy (non-hydrogen) atoms. The van der Waals surface area contributed by atoms with E-state index in [1.54, 1.807) is 12.1 Å². The molecule has 1 N–H and O–H groups in total. The summed E-state index contributed by atoms with van der Waals surface area (Å²) in [6.07, 6.45) is 2.72. The molecular weight excluding hydrogens is 238 g/mol. The Kier molecular flexibility index (Phi) is 3.29. The first kappa shape index (κ1) is 11.9. The summed E-state index contributed by atoms with van der Waals surface area (Å²) in [5.41, 5.74) is 1.09. The van der Waals surface area contributed by atoms with Crippen LogP contribution in [0.4, 0.5) is 0 Å². The van der Waals surface area contributed by atoms with Crippen molar-refractivity contribution in [1.29, 1.82) is 0 Å². The van der Waals surface area contributed by atoms with E-state index in [0.717, 1.165) is 6.42 Å². The molecule has 1 heterocycles. The Morgan fingerprint density at radius 2 is 2.24 bits per heavy atom. The van der Waals surface area contributed by atoms with Gasteiger partial charge in [0.2, 0.25) is 0 Å². The maximum absolute atomic E-state index is 11.8. The molecule has 0 unspecified atom stereocenters. The molecule has 0 bridgehead atoms. The molecule has 0 fully saturated rings. The number of hydrogen-bond acceptors (Lipinski definition) is 3. The smallest absolute Gasteiger partial charge is 0.165 e. The summed E-state index contributed by atoms with van der Waals surface area (Å²) in [5.74, 6) is 0.0940. The number of hydrogen-bond donors (Lipinski definition) is 1. The molecule has 2 rings (SSSR count). The predicted octanol–water partition coefficient (Wildman–Crippen LogP) is 3.58. The van der Waals surface area contributed by atoms with Crippen molar-refractivity contribution < 1.29 is 9.90 Å². The first-order valence-corrected chi connectivity index (χ1v) is 5.81. The van der Waals surface area contributed by atoms with Gasteiger partial charge in [-0.05, 0) is 24.6 Å². The Hall–Kier alpha value is -1.61. The van der Waals surface area contributed by atoms with Crippen LogP contribution < -0.4 is 0 Å². The van der Waals surface area contributed by atoms with Crippen LogP contribution in [0, 0.1) is 0 Å². The van der Waals surface area contributed by atoms with E-state index in [0.29, 0.717) is 27.9 Å². The molecule has 1 aromatic heterocycles. The second kappa shape index (κ2) is 4.72. The Bertz CT molecular complexity index is 581. The summed E-state index contributed by atoms with van der Waals surface area (Å²) < 4.78 is 0. The first-order chi connectivity index (χ1) is 8.13. The van der Waals surface area contributed by atoms with Crippen LogP contribution >= 0.6 is 11.6 Å². The summed E-state index contributed by atoms with van der Waals surface area (Å²) >= 11 is 6.17. The van der Waals surface area contributed by atoms with Crippen molar-refractivity contribution in [2.24, 2.45) is 0 Å². The lowest BCUT2D eigenvalue weighted by Crippen LogP contribution is -2.00. The van der Waals surface area contributed by atoms with Gasteiger partial charge >= 0.3 is 0 Å². The lowest BCUT2D eigenvalue weighted by atomic mass is 10.1. The van der Waals surface area contributed by atoms with Gasteiger partial charge in [-0.25, -0.2) is 0 Å². The zero-order valence-electron chi connectivity index (χ0n) is 9.40. The van der Waals surface area contributed by atoms with Crippen LogP contribution in [0.3, 0.4) is 0 Å². The number of carbonyl (C=O) groups is 1. The van der Waals surface area contributed by atoms with Gasteiger partial charge in [0.1, 0.15) is 5.75 Å². The van der Waals surface area contributed by atoms with E-state index in [1.807, 2.05) is 6.92 Å². The largest absolute Gasteiger partial charge is 0.508 e. The first-order valence-electron chi connectivity index (χ1n) is 5.44. The van der Waals surface area contributed by atoms with E-state index < -0.39 is 0 Å². The van der Waals surface area contributed by atoms with Gasteiger partial charge in [-0.3, -0.25) is 9.78 Å². The molecule has 0 radical (unpaired) electrons. The molecule has 3 nitrogen and oxygen atoms in total. The molecular formula is C13H12ClNO2. The standard InChI is InChI=1S/C13H12ClNO2/c1-2-3-12(17)10-7-15-11-5-4-8(16)6-9(11)13(10)14/h4-7,16H,2-3H2,1H3. The number of halogens is 1. The predicted molar refractivity (Wildman–Crippen MR) is 67.7 cm³/mol. The molecule has 0 aliphatic carbocycles. The van der Waals surface area contributed by atoms with E-state index in [2.05, 4.69) is 4.98 Å². The van der Waals surface area contributed by atoms with Crippen molar-refractivity contribution in [1.82, 2.24) is 4.98 Å². The number of phenols is 1. The zero-order valence-corrected chi connectivity index (χ0v) is 10.2. The molecule has 0 spiro atoms. The number of ketones is 1. The van der Waals surface area contributed by atoms with Gasteiger partial charge in [0.05, 0.1) is 16.1 Å². The third-order valence-corrected chi connectivity index (χ3v) is 2.97. The van der Waals surface area contributed by atoms with E-state index in [4.69, 9.17) is 11.6 Å². The van der Waals surface area contributed by atoms with Gasteiger partial charge in [-0.15, -0.1) is 0 Å². The van der Waals surface area contributed by atoms with Crippen molar-refractivity contribution in [2.75, 3.05) is 0 Å². The number of pyridine rings is 1. The van der Waals surface area contributed by atoms with Crippen molar-refractivity contribution in [2.45, 2.75) is 19.8 Å². The topological polar surface area (TPSA) is 50.2 Å². The number of aromatic nitrogens is 1. The van der Waals surface area contributed by atoms with Gasteiger partial charge in [-0.2, -0.15) is 0 Å². The number of nitrogens with zero attached hydrogens (tertiary/aromatic N) is 1. The molecule has 88 valence electrons. The van der Waals surface area contributed by atoms with E-state index in [9.17, 15) is 9.90 Å². The number of aromatic hydroxyl groups is 1.